The lowest BCUT2D eigenvalue weighted by Gasteiger charge is -2.64. The van der Waals surface area contributed by atoms with Crippen LogP contribution < -0.4 is 0 Å². The van der Waals surface area contributed by atoms with E-state index in [-0.39, 0.29) is 5.56 Å². The van der Waals surface area contributed by atoms with Gasteiger partial charge in [0.25, 0.3) is 5.92 Å². The molecule has 80 valence electrons. The Morgan fingerprint density at radius 2 is 1.67 bits per heavy atom. The predicted octanol–water partition coefficient (Wildman–Crippen LogP) is 4.34. The molecule has 3 fully saturated rings. The molecule has 15 heavy (non-hydrogen) atoms. The Hall–Kier alpha value is -0.440. The number of hydrogen-bond acceptors (Lipinski definition) is 0. The van der Waals surface area contributed by atoms with Gasteiger partial charge < -0.3 is 0 Å². The molecule has 0 spiro atoms. The lowest BCUT2D eigenvalue weighted by Crippen LogP contribution is -2.60. The van der Waals surface area contributed by atoms with Crippen molar-refractivity contribution in [2.75, 3.05) is 0 Å². The van der Waals surface area contributed by atoms with Crippen LogP contribution in [0.2, 0.25) is 0 Å². The molecule has 0 amide bonds. The number of benzene rings is 1. The van der Waals surface area contributed by atoms with Crippen molar-refractivity contribution in [3.63, 3.8) is 0 Å². The molecule has 0 atom stereocenters. The molecular weight excluding hydrogens is 262 g/mol. The second-order valence-electron chi connectivity index (χ2n) is 4.84. The second kappa shape index (κ2) is 2.82. The van der Waals surface area contributed by atoms with Crippen molar-refractivity contribution >= 4 is 15.9 Å². The van der Waals surface area contributed by atoms with Crippen LogP contribution in [0.5, 0.6) is 0 Å². The van der Waals surface area contributed by atoms with Gasteiger partial charge in [0.15, 0.2) is 0 Å². The van der Waals surface area contributed by atoms with Crippen LogP contribution in [0.4, 0.5) is 8.78 Å². The maximum Gasteiger partial charge on any atom is 0.278 e. The van der Waals surface area contributed by atoms with E-state index in [1.807, 2.05) is 0 Å². The first-order valence-corrected chi connectivity index (χ1v) is 5.97. The van der Waals surface area contributed by atoms with Gasteiger partial charge in [-0.25, -0.2) is 8.78 Å². The highest BCUT2D eigenvalue weighted by atomic mass is 79.9. The van der Waals surface area contributed by atoms with Crippen LogP contribution in [0.1, 0.15) is 24.8 Å². The molecule has 0 N–H and O–H groups in total. The van der Waals surface area contributed by atoms with E-state index in [1.54, 1.807) is 12.1 Å². The topological polar surface area (TPSA) is 0 Å². The highest BCUT2D eigenvalue weighted by Crippen LogP contribution is 2.73. The van der Waals surface area contributed by atoms with E-state index < -0.39 is 11.3 Å². The summed E-state index contributed by atoms with van der Waals surface area (Å²) in [7, 11) is 0. The van der Waals surface area contributed by atoms with Crippen molar-refractivity contribution in [1.82, 2.24) is 0 Å². The van der Waals surface area contributed by atoms with Crippen molar-refractivity contribution in [2.45, 2.75) is 25.2 Å². The fourth-order valence-corrected chi connectivity index (χ4v) is 3.09. The molecule has 3 aliphatic carbocycles. The molecule has 3 aliphatic rings. The highest BCUT2D eigenvalue weighted by Gasteiger charge is 2.69. The Morgan fingerprint density at radius 1 is 1.13 bits per heavy atom. The molecule has 0 unspecified atom stereocenters. The third-order valence-electron chi connectivity index (χ3n) is 3.91. The minimum absolute atomic E-state index is 0.170. The third-order valence-corrected chi connectivity index (χ3v) is 4.44. The number of halogens is 3. The van der Waals surface area contributed by atoms with Gasteiger partial charge in [-0.15, -0.1) is 0 Å². The quantitative estimate of drug-likeness (QED) is 0.751. The molecule has 3 saturated carbocycles. The summed E-state index contributed by atoms with van der Waals surface area (Å²) in [6.45, 7) is 0. The molecule has 0 saturated heterocycles. The van der Waals surface area contributed by atoms with Gasteiger partial charge in [0.2, 0.25) is 0 Å². The normalized spacial score (nSPS) is 33.1. The number of rotatable bonds is 2. The third kappa shape index (κ3) is 1.16. The van der Waals surface area contributed by atoms with Gasteiger partial charge in [-0.05, 0) is 37.3 Å². The minimum atomic E-state index is -2.64. The van der Waals surface area contributed by atoms with Crippen LogP contribution in [0.3, 0.4) is 0 Å². The molecule has 2 bridgehead atoms. The van der Waals surface area contributed by atoms with Crippen LogP contribution in [-0.2, 0) is 5.92 Å². The lowest BCUT2D eigenvalue weighted by atomic mass is 9.41. The first-order chi connectivity index (χ1) is 7.03. The maximum atomic E-state index is 14.1. The summed E-state index contributed by atoms with van der Waals surface area (Å²) < 4.78 is 29.1. The number of alkyl halides is 2. The largest absolute Gasteiger partial charge is 0.278 e. The molecule has 0 aliphatic heterocycles. The Labute approximate surface area is 95.8 Å². The van der Waals surface area contributed by atoms with E-state index in [0.717, 1.165) is 23.7 Å². The molecule has 3 heteroatoms. The first kappa shape index (κ1) is 9.76. The Kier molecular flexibility index (Phi) is 1.83. The summed E-state index contributed by atoms with van der Waals surface area (Å²) in [6.07, 6.45) is 2.15. The van der Waals surface area contributed by atoms with Gasteiger partial charge >= 0.3 is 0 Å². The zero-order valence-corrected chi connectivity index (χ0v) is 9.73. The molecule has 4 rings (SSSR count). The molecule has 0 radical (unpaired) electrons. The smallest absolute Gasteiger partial charge is 0.201 e. The summed E-state index contributed by atoms with van der Waals surface area (Å²) in [5.41, 5.74) is -0.519. The van der Waals surface area contributed by atoms with Gasteiger partial charge in [0.1, 0.15) is 0 Å². The first-order valence-electron chi connectivity index (χ1n) is 5.17. The predicted molar refractivity (Wildman–Crippen MR) is 57.8 cm³/mol. The molecule has 0 heterocycles. The van der Waals surface area contributed by atoms with Crippen LogP contribution in [0.25, 0.3) is 0 Å². The molecule has 0 nitrogen and oxygen atoms in total. The van der Waals surface area contributed by atoms with Gasteiger partial charge in [0.05, 0.1) is 0 Å². The zero-order chi connectivity index (χ0) is 10.7. The zero-order valence-electron chi connectivity index (χ0n) is 8.14. The standard InChI is InChI=1S/C12H11BrF2/c13-10-3-1-9(2-4-10)12(14,15)11-5-8(6-11)7-11/h1-4,8H,5-7H2. The van der Waals surface area contributed by atoms with E-state index in [9.17, 15) is 8.78 Å². The SMILES string of the molecule is FC(F)(c1ccc(Br)cc1)C12CC(C1)C2. The van der Waals surface area contributed by atoms with Crippen LogP contribution in [-0.4, -0.2) is 0 Å². The van der Waals surface area contributed by atoms with Gasteiger partial charge in [0, 0.05) is 15.5 Å². The van der Waals surface area contributed by atoms with Crippen molar-refractivity contribution in [3.05, 3.63) is 34.3 Å². The Balaban J connectivity index is 1.94. The van der Waals surface area contributed by atoms with E-state index in [2.05, 4.69) is 15.9 Å². The summed E-state index contributed by atoms with van der Waals surface area (Å²) in [5.74, 6) is -2.05. The molecule has 0 aromatic heterocycles. The van der Waals surface area contributed by atoms with Gasteiger partial charge in [-0.2, -0.15) is 0 Å². The van der Waals surface area contributed by atoms with Crippen molar-refractivity contribution < 1.29 is 8.78 Å². The van der Waals surface area contributed by atoms with Crippen molar-refractivity contribution in [2.24, 2.45) is 11.3 Å². The lowest BCUT2D eigenvalue weighted by molar-refractivity contribution is -0.271. The van der Waals surface area contributed by atoms with E-state index >= 15 is 0 Å². The second-order valence-corrected chi connectivity index (χ2v) is 5.76. The fraction of sp³-hybridized carbons (Fsp3) is 0.500. The minimum Gasteiger partial charge on any atom is -0.201 e. The van der Waals surface area contributed by atoms with Crippen molar-refractivity contribution in [1.29, 1.82) is 0 Å². The summed E-state index contributed by atoms with van der Waals surface area (Å²) in [5, 5.41) is 0. The van der Waals surface area contributed by atoms with Gasteiger partial charge in [-0.1, -0.05) is 28.1 Å². The van der Waals surface area contributed by atoms with Crippen LogP contribution >= 0.6 is 15.9 Å². The van der Waals surface area contributed by atoms with E-state index in [4.69, 9.17) is 0 Å². The number of hydrogen-bond donors (Lipinski definition) is 0. The molecular formula is C12H11BrF2. The highest BCUT2D eigenvalue weighted by molar-refractivity contribution is 9.10. The summed E-state index contributed by atoms with van der Waals surface area (Å²) in [6, 6.07) is 6.44. The Morgan fingerprint density at radius 3 is 2.07 bits per heavy atom. The molecule has 1 aromatic carbocycles. The summed E-state index contributed by atoms with van der Waals surface area (Å²) in [4.78, 5) is 0. The van der Waals surface area contributed by atoms with Gasteiger partial charge in [-0.3, -0.25) is 0 Å². The molecule has 1 aromatic rings. The van der Waals surface area contributed by atoms with Crippen LogP contribution in [0.15, 0.2) is 28.7 Å². The Bertz CT molecular complexity index is 380. The van der Waals surface area contributed by atoms with Crippen molar-refractivity contribution in [3.8, 4) is 0 Å². The van der Waals surface area contributed by atoms with E-state index in [1.165, 1.54) is 12.1 Å². The summed E-state index contributed by atoms with van der Waals surface area (Å²) >= 11 is 3.26. The monoisotopic (exact) mass is 272 g/mol. The van der Waals surface area contributed by atoms with E-state index in [0.29, 0.717) is 5.92 Å². The maximum absolute atomic E-state index is 14.1. The fourth-order valence-electron chi connectivity index (χ4n) is 2.83. The average molecular weight is 273 g/mol. The average Bonchev–Trinajstić information content (AvgIpc) is 1.97. The van der Waals surface area contributed by atoms with Crippen LogP contribution in [0, 0.1) is 11.3 Å².